The van der Waals surface area contributed by atoms with Crippen LogP contribution in [-0.2, 0) is 4.79 Å². The molecule has 1 spiro atoms. The van der Waals surface area contributed by atoms with Gasteiger partial charge in [-0.3, -0.25) is 14.6 Å². The number of pyridine rings is 1. The summed E-state index contributed by atoms with van der Waals surface area (Å²) < 4.78 is 6.53. The number of nitrogens with zero attached hydrogens (tertiary/aromatic N) is 2. The Morgan fingerprint density at radius 1 is 1.16 bits per heavy atom. The van der Waals surface area contributed by atoms with Crippen LogP contribution >= 0.6 is 0 Å². The Morgan fingerprint density at radius 2 is 2.00 bits per heavy atom. The van der Waals surface area contributed by atoms with E-state index in [-0.39, 0.29) is 17.9 Å². The second kappa shape index (κ2) is 8.26. The number of carbonyl (C=O) groups excluding carboxylic acids is 2. The highest BCUT2D eigenvalue weighted by Gasteiger charge is 2.43. The fourth-order valence-electron chi connectivity index (χ4n) is 4.99. The van der Waals surface area contributed by atoms with Crippen molar-refractivity contribution in [2.24, 2.45) is 0 Å². The first-order chi connectivity index (χ1) is 15.6. The molecule has 1 fully saturated rings. The van der Waals surface area contributed by atoms with Crippen LogP contribution < -0.4 is 10.1 Å². The van der Waals surface area contributed by atoms with Gasteiger partial charge in [0.1, 0.15) is 11.4 Å². The molecular formula is C26H27N3O3. The number of hydrogen-bond acceptors (Lipinski definition) is 4. The number of fused-ring (bicyclic) bond motifs is 2. The highest BCUT2D eigenvalue weighted by Crippen LogP contribution is 2.44. The average Bonchev–Trinajstić information content (AvgIpc) is 2.97. The smallest absolute Gasteiger partial charge is 0.253 e. The summed E-state index contributed by atoms with van der Waals surface area (Å²) in [5, 5.41) is 4.19. The number of rotatable bonds is 3. The lowest BCUT2D eigenvalue weighted by molar-refractivity contribution is -0.130. The summed E-state index contributed by atoms with van der Waals surface area (Å²) >= 11 is 0. The van der Waals surface area contributed by atoms with Gasteiger partial charge < -0.3 is 15.0 Å². The van der Waals surface area contributed by atoms with Crippen LogP contribution in [0.25, 0.3) is 10.9 Å². The quantitative estimate of drug-likeness (QED) is 0.675. The Morgan fingerprint density at radius 3 is 2.88 bits per heavy atom. The van der Waals surface area contributed by atoms with E-state index in [1.54, 1.807) is 6.20 Å². The fraction of sp³-hybridized carbons (Fsp3) is 0.346. The van der Waals surface area contributed by atoms with Gasteiger partial charge in [-0.1, -0.05) is 36.4 Å². The van der Waals surface area contributed by atoms with Crippen molar-refractivity contribution in [3.8, 4) is 5.75 Å². The zero-order chi connectivity index (χ0) is 22.1. The van der Waals surface area contributed by atoms with E-state index in [1.165, 1.54) is 0 Å². The Kier molecular flexibility index (Phi) is 5.29. The lowest BCUT2D eigenvalue weighted by atomic mass is 9.82. The second-order valence-corrected chi connectivity index (χ2v) is 8.66. The van der Waals surface area contributed by atoms with Gasteiger partial charge in [-0.25, -0.2) is 0 Å². The van der Waals surface area contributed by atoms with Crippen LogP contribution in [0.2, 0.25) is 0 Å². The normalized spacial score (nSPS) is 22.8. The van der Waals surface area contributed by atoms with Gasteiger partial charge >= 0.3 is 0 Å². The second-order valence-electron chi connectivity index (χ2n) is 8.66. The minimum atomic E-state index is -0.469. The molecule has 0 saturated carbocycles. The maximum atomic E-state index is 13.4. The van der Waals surface area contributed by atoms with Crippen molar-refractivity contribution in [3.63, 3.8) is 0 Å². The number of aromatic nitrogens is 1. The Balaban J connectivity index is 1.46. The standard InChI is InChI=1S/C26H27N3O3/c1-2-29-16-14-26(13-12-23(29)30)17-21(19-9-3-4-11-22(19)32-26)28-25(31)20-10-5-7-18-8-6-15-27-24(18)20/h3-11,15,21H,2,12-14,16-17H2,1H3,(H,28,31)/t21-,26+/m1/s1. The molecule has 1 saturated heterocycles. The van der Waals surface area contributed by atoms with Gasteiger partial charge in [0.05, 0.1) is 17.1 Å². The molecule has 32 heavy (non-hydrogen) atoms. The fourth-order valence-corrected chi connectivity index (χ4v) is 4.99. The molecule has 0 aliphatic carbocycles. The average molecular weight is 430 g/mol. The maximum Gasteiger partial charge on any atom is 0.253 e. The first-order valence-corrected chi connectivity index (χ1v) is 11.3. The molecule has 3 aromatic rings. The Bertz CT molecular complexity index is 1170. The summed E-state index contributed by atoms with van der Waals surface area (Å²) in [6.07, 6.45) is 4.21. The number of hydrogen-bond donors (Lipinski definition) is 1. The van der Waals surface area contributed by atoms with Crippen LogP contribution in [0.4, 0.5) is 0 Å². The SMILES string of the molecule is CCN1CC[C@@]2(CCC1=O)C[C@@H](NC(=O)c1cccc3cccnc13)c1ccccc1O2. The molecule has 6 nitrogen and oxygen atoms in total. The summed E-state index contributed by atoms with van der Waals surface area (Å²) in [4.78, 5) is 32.2. The van der Waals surface area contributed by atoms with Crippen LogP contribution in [0.5, 0.6) is 5.75 Å². The van der Waals surface area contributed by atoms with Gasteiger partial charge in [0, 0.05) is 49.5 Å². The van der Waals surface area contributed by atoms with Gasteiger partial charge in [-0.15, -0.1) is 0 Å². The first-order valence-electron chi connectivity index (χ1n) is 11.3. The first kappa shape index (κ1) is 20.5. The molecule has 0 unspecified atom stereocenters. The molecule has 1 aromatic heterocycles. The van der Waals surface area contributed by atoms with Crippen LogP contribution in [-0.4, -0.2) is 40.4 Å². The summed E-state index contributed by atoms with van der Waals surface area (Å²) in [7, 11) is 0. The maximum absolute atomic E-state index is 13.4. The molecule has 1 N–H and O–H groups in total. The van der Waals surface area contributed by atoms with Crippen molar-refractivity contribution in [1.29, 1.82) is 0 Å². The minimum absolute atomic E-state index is 0.147. The predicted molar refractivity (Wildman–Crippen MR) is 122 cm³/mol. The van der Waals surface area contributed by atoms with Gasteiger partial charge in [0.15, 0.2) is 0 Å². The van der Waals surface area contributed by atoms with E-state index in [1.807, 2.05) is 66.4 Å². The van der Waals surface area contributed by atoms with E-state index < -0.39 is 5.60 Å². The molecule has 3 heterocycles. The summed E-state index contributed by atoms with van der Waals surface area (Å²) in [6.45, 7) is 3.39. The van der Waals surface area contributed by atoms with Crippen molar-refractivity contribution in [1.82, 2.24) is 15.2 Å². The highest BCUT2D eigenvalue weighted by atomic mass is 16.5. The van der Waals surface area contributed by atoms with Crippen molar-refractivity contribution >= 4 is 22.7 Å². The topological polar surface area (TPSA) is 71.5 Å². The van der Waals surface area contributed by atoms with E-state index in [4.69, 9.17) is 4.74 Å². The van der Waals surface area contributed by atoms with E-state index in [2.05, 4.69) is 10.3 Å². The third kappa shape index (κ3) is 3.70. The number of ether oxygens (including phenoxy) is 1. The number of amides is 2. The van der Waals surface area contributed by atoms with Gasteiger partial charge in [0.2, 0.25) is 5.91 Å². The van der Waals surface area contributed by atoms with E-state index in [0.29, 0.717) is 43.4 Å². The lowest BCUT2D eigenvalue weighted by Gasteiger charge is -2.42. The van der Waals surface area contributed by atoms with E-state index >= 15 is 0 Å². The van der Waals surface area contributed by atoms with Crippen molar-refractivity contribution in [3.05, 3.63) is 71.9 Å². The molecule has 2 amide bonds. The third-order valence-electron chi connectivity index (χ3n) is 6.75. The Labute approximate surface area is 187 Å². The molecule has 0 radical (unpaired) electrons. The van der Waals surface area contributed by atoms with Crippen LogP contribution in [0.15, 0.2) is 60.8 Å². The molecule has 6 heteroatoms. The predicted octanol–water partition coefficient (Wildman–Crippen LogP) is 4.26. The summed E-state index contributed by atoms with van der Waals surface area (Å²) in [6, 6.07) is 17.2. The molecule has 5 rings (SSSR count). The summed E-state index contributed by atoms with van der Waals surface area (Å²) in [5.41, 5.74) is 1.77. The van der Waals surface area contributed by atoms with Crippen molar-refractivity contribution in [2.75, 3.05) is 13.1 Å². The molecule has 2 aromatic carbocycles. The number of benzene rings is 2. The molecule has 2 atom stereocenters. The number of para-hydroxylation sites is 2. The minimum Gasteiger partial charge on any atom is -0.487 e. The molecular weight excluding hydrogens is 402 g/mol. The summed E-state index contributed by atoms with van der Waals surface area (Å²) in [5.74, 6) is 0.817. The molecule has 2 aliphatic heterocycles. The number of likely N-dealkylation sites (tertiary alicyclic amines) is 1. The third-order valence-corrected chi connectivity index (χ3v) is 6.75. The Hall–Kier alpha value is -3.41. The largest absolute Gasteiger partial charge is 0.487 e. The number of nitrogens with one attached hydrogen (secondary N) is 1. The van der Waals surface area contributed by atoms with Gasteiger partial charge in [-0.05, 0) is 31.5 Å². The molecule has 164 valence electrons. The van der Waals surface area contributed by atoms with Crippen LogP contribution in [0.3, 0.4) is 0 Å². The highest BCUT2D eigenvalue weighted by molar-refractivity contribution is 6.05. The van der Waals surface area contributed by atoms with Gasteiger partial charge in [-0.2, -0.15) is 0 Å². The van der Waals surface area contributed by atoms with Crippen LogP contribution in [0.1, 0.15) is 54.6 Å². The van der Waals surface area contributed by atoms with E-state index in [9.17, 15) is 9.59 Å². The lowest BCUT2D eigenvalue weighted by Crippen LogP contribution is -2.46. The zero-order valence-electron chi connectivity index (χ0n) is 18.2. The van der Waals surface area contributed by atoms with Gasteiger partial charge in [0.25, 0.3) is 5.91 Å². The van der Waals surface area contributed by atoms with E-state index in [0.717, 1.165) is 23.1 Å². The molecule has 2 aliphatic rings. The van der Waals surface area contributed by atoms with Crippen molar-refractivity contribution in [2.45, 2.75) is 44.2 Å². The monoisotopic (exact) mass is 429 g/mol. The van der Waals surface area contributed by atoms with Crippen LogP contribution in [0, 0.1) is 0 Å². The zero-order valence-corrected chi connectivity index (χ0v) is 18.2. The molecule has 0 bridgehead atoms. The van der Waals surface area contributed by atoms with Crippen molar-refractivity contribution < 1.29 is 14.3 Å². The number of carbonyl (C=O) groups is 2.